The standard InChI is InChI=1S/C87H156NO8P/c1-6-8-10-12-14-16-18-20-22-24-26-28-30-32-34-36-38-40-41-42-43-44-45-46-48-49-51-53-55-57-59-61-63-65-67-69-71-73-75-77-79-86(89)93-83-85(84-95-97(91,92)94-82-81-88(3,4)5)96-87(90)80-78-76-74-72-70-68-66-64-62-60-58-56-54-52-50-47-39-37-35-33-31-29-27-25-23-21-19-17-15-13-11-9-7-2/h9,11,15,17,21,23,27,29,33,35,39,47,52,54,58,60,64,66,85H,6-8,10,12-14,16,18-20,22,24-26,28,30-32,34,36-38,40-46,48-51,53,55-57,59,61-63,65,67-84H2,1-5H3/p+1/b11-9-,17-15-,23-21-,29-27-,35-33-,47-39-,54-52-,60-58-,66-64-. The van der Waals surface area contributed by atoms with Crippen LogP contribution in [0, 0.1) is 0 Å². The Balaban J connectivity index is 3.97. The quantitative estimate of drug-likeness (QED) is 0.0211. The van der Waals surface area contributed by atoms with Crippen LogP contribution in [0.5, 0.6) is 0 Å². The number of likely N-dealkylation sites (N-methyl/N-ethyl adjacent to an activating group) is 1. The Morgan fingerprint density at radius 1 is 0.330 bits per heavy atom. The van der Waals surface area contributed by atoms with E-state index in [1.165, 1.54) is 238 Å². The molecule has 0 aromatic heterocycles. The van der Waals surface area contributed by atoms with Gasteiger partial charge in [-0.15, -0.1) is 0 Å². The Morgan fingerprint density at radius 3 is 0.876 bits per heavy atom. The molecule has 2 unspecified atom stereocenters. The number of phosphoric ester groups is 1. The van der Waals surface area contributed by atoms with Crippen molar-refractivity contribution < 1.29 is 42.1 Å². The van der Waals surface area contributed by atoms with Crippen LogP contribution in [0.3, 0.4) is 0 Å². The molecule has 0 aliphatic heterocycles. The molecule has 9 nitrogen and oxygen atoms in total. The van der Waals surface area contributed by atoms with Gasteiger partial charge in [-0.2, -0.15) is 0 Å². The van der Waals surface area contributed by atoms with Crippen molar-refractivity contribution in [2.75, 3.05) is 47.5 Å². The molecule has 0 saturated carbocycles. The zero-order chi connectivity index (χ0) is 70.4. The highest BCUT2D eigenvalue weighted by Crippen LogP contribution is 2.43. The molecule has 0 aliphatic rings. The number of carbonyl (C=O) groups excluding carboxylic acids is 2. The lowest BCUT2D eigenvalue weighted by Crippen LogP contribution is -2.37. The summed E-state index contributed by atoms with van der Waals surface area (Å²) in [5, 5.41) is 0. The summed E-state index contributed by atoms with van der Waals surface area (Å²) >= 11 is 0. The molecule has 0 aromatic carbocycles. The fraction of sp³-hybridized carbons (Fsp3) is 0.770. The van der Waals surface area contributed by atoms with E-state index in [-0.39, 0.29) is 32.0 Å². The van der Waals surface area contributed by atoms with Crippen molar-refractivity contribution in [2.45, 2.75) is 386 Å². The fourth-order valence-corrected chi connectivity index (χ4v) is 12.6. The average Bonchev–Trinajstić information content (AvgIpc) is 1.58. The smallest absolute Gasteiger partial charge is 0.462 e. The number of allylic oxidation sites excluding steroid dienone is 18. The Kier molecular flexibility index (Phi) is 74.2. The number of rotatable bonds is 76. The minimum absolute atomic E-state index is 0.0237. The van der Waals surface area contributed by atoms with Crippen molar-refractivity contribution in [3.63, 3.8) is 0 Å². The van der Waals surface area contributed by atoms with Crippen LogP contribution in [0.25, 0.3) is 0 Å². The first-order chi connectivity index (χ1) is 47.5. The van der Waals surface area contributed by atoms with E-state index in [1.807, 2.05) is 21.1 Å². The average molecular weight is 1380 g/mol. The van der Waals surface area contributed by atoms with Crippen LogP contribution in [0.1, 0.15) is 380 Å². The summed E-state index contributed by atoms with van der Waals surface area (Å²) in [4.78, 5) is 36.0. The second kappa shape index (κ2) is 76.8. The van der Waals surface area contributed by atoms with Crippen molar-refractivity contribution in [1.82, 2.24) is 0 Å². The van der Waals surface area contributed by atoms with Crippen LogP contribution in [-0.2, 0) is 32.7 Å². The minimum atomic E-state index is -4.41. The molecule has 0 fully saturated rings. The number of hydrogen-bond donors (Lipinski definition) is 1. The molecule has 1 N–H and O–H groups in total. The van der Waals surface area contributed by atoms with Crippen LogP contribution in [0.15, 0.2) is 109 Å². The normalized spacial score (nSPS) is 13.6. The Morgan fingerprint density at radius 2 is 0.588 bits per heavy atom. The van der Waals surface area contributed by atoms with Crippen molar-refractivity contribution in [3.8, 4) is 0 Å². The first-order valence-corrected chi connectivity index (χ1v) is 42.6. The summed E-state index contributed by atoms with van der Waals surface area (Å²) in [5.74, 6) is -0.811. The Hall–Kier alpha value is -3.33. The zero-order valence-corrected chi connectivity index (χ0v) is 65.2. The van der Waals surface area contributed by atoms with Crippen molar-refractivity contribution >= 4 is 19.8 Å². The van der Waals surface area contributed by atoms with Gasteiger partial charge in [-0.3, -0.25) is 18.6 Å². The summed E-state index contributed by atoms with van der Waals surface area (Å²) in [6.45, 7) is 4.34. The van der Waals surface area contributed by atoms with Gasteiger partial charge < -0.3 is 18.9 Å². The van der Waals surface area contributed by atoms with Gasteiger partial charge in [0.1, 0.15) is 19.8 Å². The molecule has 97 heavy (non-hydrogen) atoms. The van der Waals surface area contributed by atoms with Gasteiger partial charge >= 0.3 is 19.8 Å². The number of ether oxygens (including phenoxy) is 2. The summed E-state index contributed by atoms with van der Waals surface area (Å²) in [6, 6.07) is 0. The lowest BCUT2D eigenvalue weighted by molar-refractivity contribution is -0.870. The van der Waals surface area contributed by atoms with E-state index in [1.54, 1.807) is 0 Å². The van der Waals surface area contributed by atoms with Gasteiger partial charge in [0.25, 0.3) is 0 Å². The van der Waals surface area contributed by atoms with E-state index in [2.05, 4.69) is 123 Å². The van der Waals surface area contributed by atoms with Gasteiger partial charge in [-0.25, -0.2) is 4.57 Å². The van der Waals surface area contributed by atoms with E-state index in [4.69, 9.17) is 18.5 Å². The van der Waals surface area contributed by atoms with E-state index in [0.717, 1.165) is 109 Å². The molecule has 0 radical (unpaired) electrons. The van der Waals surface area contributed by atoms with E-state index >= 15 is 0 Å². The number of hydrogen-bond acceptors (Lipinski definition) is 7. The molecule has 0 spiro atoms. The molecule has 0 rings (SSSR count). The van der Waals surface area contributed by atoms with E-state index < -0.39 is 26.5 Å². The summed E-state index contributed by atoms with van der Waals surface area (Å²) in [6.07, 6.45) is 110. The summed E-state index contributed by atoms with van der Waals surface area (Å²) in [5.41, 5.74) is 0. The zero-order valence-electron chi connectivity index (χ0n) is 64.3. The molecular weight excluding hydrogens is 1220 g/mol. The molecule has 0 bridgehead atoms. The van der Waals surface area contributed by atoms with Crippen molar-refractivity contribution in [1.29, 1.82) is 0 Å². The lowest BCUT2D eigenvalue weighted by atomic mass is 10.0. The maximum Gasteiger partial charge on any atom is 0.472 e. The van der Waals surface area contributed by atoms with Gasteiger partial charge in [0, 0.05) is 12.8 Å². The topological polar surface area (TPSA) is 108 Å². The van der Waals surface area contributed by atoms with E-state index in [9.17, 15) is 19.0 Å². The molecular formula is C87H157NO8P+. The number of nitrogens with zero attached hydrogens (tertiary/aromatic N) is 1. The largest absolute Gasteiger partial charge is 0.472 e. The second-order valence-electron chi connectivity index (χ2n) is 28.8. The lowest BCUT2D eigenvalue weighted by Gasteiger charge is -2.24. The van der Waals surface area contributed by atoms with Crippen LogP contribution >= 0.6 is 7.82 Å². The highest BCUT2D eigenvalue weighted by molar-refractivity contribution is 7.47. The van der Waals surface area contributed by atoms with Gasteiger partial charge in [0.2, 0.25) is 0 Å². The maximum absolute atomic E-state index is 12.9. The van der Waals surface area contributed by atoms with Gasteiger partial charge in [0.05, 0.1) is 27.7 Å². The number of quaternary nitrogens is 1. The predicted octanol–water partition coefficient (Wildman–Crippen LogP) is 27.6. The molecule has 10 heteroatoms. The summed E-state index contributed by atoms with van der Waals surface area (Å²) < 4.78 is 34.8. The maximum atomic E-state index is 12.9. The highest BCUT2D eigenvalue weighted by Gasteiger charge is 2.27. The third kappa shape index (κ3) is 81.5. The Bertz CT molecular complexity index is 2010. The van der Waals surface area contributed by atoms with Gasteiger partial charge in [-0.05, 0) is 83.5 Å². The molecule has 0 saturated heterocycles. The Labute approximate surface area is 601 Å². The highest BCUT2D eigenvalue weighted by atomic mass is 31.2. The number of unbranched alkanes of at least 4 members (excludes halogenated alkanes) is 44. The molecule has 2 atom stereocenters. The molecule has 0 aromatic rings. The van der Waals surface area contributed by atoms with Crippen LogP contribution in [0.2, 0.25) is 0 Å². The van der Waals surface area contributed by atoms with Crippen molar-refractivity contribution in [3.05, 3.63) is 109 Å². The second-order valence-corrected chi connectivity index (χ2v) is 30.2. The van der Waals surface area contributed by atoms with Crippen LogP contribution in [-0.4, -0.2) is 74.9 Å². The number of esters is 2. The number of phosphoric acid groups is 1. The number of carbonyl (C=O) groups is 2. The molecule has 562 valence electrons. The first-order valence-electron chi connectivity index (χ1n) is 41.1. The first kappa shape index (κ1) is 93.7. The third-order valence-electron chi connectivity index (χ3n) is 18.1. The van der Waals surface area contributed by atoms with Crippen molar-refractivity contribution in [2.24, 2.45) is 0 Å². The van der Waals surface area contributed by atoms with Gasteiger partial charge in [0.15, 0.2) is 6.10 Å². The SMILES string of the molecule is CC/C=C\C/C=C\C/C=C\C/C=C\C/C=C\C/C=C\C/C=C\C/C=C\C/C=C\CCCCCCCC(=O)OC(COC(=O)CCCCCCCCCCCCCCCCCCCCCCCCCCCCCCCCCCCCCCCCCC)COP(=O)(O)OCC[N+](C)(C)C. The predicted molar refractivity (Wildman–Crippen MR) is 422 cm³/mol. The van der Waals surface area contributed by atoms with Gasteiger partial charge in [-0.1, -0.05) is 393 Å². The molecule has 0 amide bonds. The fourth-order valence-electron chi connectivity index (χ4n) is 11.8. The monoisotopic (exact) mass is 1380 g/mol. The minimum Gasteiger partial charge on any atom is -0.462 e. The molecule has 0 aliphatic carbocycles. The van der Waals surface area contributed by atoms with E-state index in [0.29, 0.717) is 17.4 Å². The summed E-state index contributed by atoms with van der Waals surface area (Å²) in [7, 11) is 1.46. The van der Waals surface area contributed by atoms with Crippen LogP contribution < -0.4 is 0 Å². The van der Waals surface area contributed by atoms with Crippen LogP contribution in [0.4, 0.5) is 0 Å². The molecule has 0 heterocycles. The third-order valence-corrected chi connectivity index (χ3v) is 19.1.